The Bertz CT molecular complexity index is 691. The second-order valence-electron chi connectivity index (χ2n) is 5.90. The summed E-state index contributed by atoms with van der Waals surface area (Å²) in [5, 5.41) is 6.64. The first-order chi connectivity index (χ1) is 12.2. The molecule has 1 aliphatic rings. The molecule has 0 unspecified atom stereocenters. The zero-order valence-electron chi connectivity index (χ0n) is 13.9. The Morgan fingerprint density at radius 3 is 2.92 bits per heavy atom. The number of nitrogens with one attached hydrogen (secondary N) is 1. The molecule has 1 N–H and O–H groups in total. The molecule has 2 aromatic heterocycles. The SMILES string of the molecule is O=C(C[C@H]1COCCN1C(=O)c1ccsc1)NCCc1ccncc1. The lowest BCUT2D eigenvalue weighted by atomic mass is 10.1. The molecule has 0 bridgehead atoms. The standard InChI is InChI=1S/C18H21N3O3S/c22-17(20-7-3-14-1-5-19-6-2-14)11-16-12-24-9-8-21(16)18(23)15-4-10-25-13-15/h1-2,4-6,10,13,16H,3,7-9,11-12H2,(H,20,22)/t16-/m0/s1. The Morgan fingerprint density at radius 1 is 1.32 bits per heavy atom. The summed E-state index contributed by atoms with van der Waals surface area (Å²) in [4.78, 5) is 30.6. The highest BCUT2D eigenvalue weighted by molar-refractivity contribution is 7.08. The number of nitrogens with zero attached hydrogens (tertiary/aromatic N) is 2. The molecule has 0 saturated carbocycles. The van der Waals surface area contributed by atoms with Crippen molar-refractivity contribution in [2.75, 3.05) is 26.3 Å². The average Bonchev–Trinajstić information content (AvgIpc) is 3.17. The van der Waals surface area contributed by atoms with Gasteiger partial charge in [0.15, 0.2) is 0 Å². The molecule has 0 aliphatic carbocycles. The Morgan fingerprint density at radius 2 is 2.16 bits per heavy atom. The summed E-state index contributed by atoms with van der Waals surface area (Å²) in [6.45, 7) is 1.99. The van der Waals surface area contributed by atoms with Gasteiger partial charge in [0.1, 0.15) is 0 Å². The summed E-state index contributed by atoms with van der Waals surface area (Å²) in [6, 6.07) is 5.46. The van der Waals surface area contributed by atoms with Gasteiger partial charge in [-0.1, -0.05) is 0 Å². The minimum absolute atomic E-state index is 0.0286. The number of thiophene rings is 1. The van der Waals surface area contributed by atoms with Gasteiger partial charge in [-0.05, 0) is 35.6 Å². The maximum absolute atomic E-state index is 12.6. The summed E-state index contributed by atoms with van der Waals surface area (Å²) in [5.74, 6) is -0.0909. The van der Waals surface area contributed by atoms with Crippen molar-refractivity contribution in [2.45, 2.75) is 18.9 Å². The van der Waals surface area contributed by atoms with Crippen molar-refractivity contribution in [2.24, 2.45) is 0 Å². The molecule has 1 aliphatic heterocycles. The molecule has 132 valence electrons. The maximum Gasteiger partial charge on any atom is 0.255 e. The summed E-state index contributed by atoms with van der Waals surface area (Å²) in [6.07, 6.45) is 4.49. The van der Waals surface area contributed by atoms with Crippen LogP contribution in [0, 0.1) is 0 Å². The minimum atomic E-state index is -0.220. The van der Waals surface area contributed by atoms with E-state index < -0.39 is 0 Å². The molecule has 0 aromatic carbocycles. The fourth-order valence-corrected chi connectivity index (χ4v) is 3.45. The zero-order chi connectivity index (χ0) is 17.5. The highest BCUT2D eigenvalue weighted by atomic mass is 32.1. The first kappa shape index (κ1) is 17.6. The average molecular weight is 359 g/mol. The van der Waals surface area contributed by atoms with Crippen LogP contribution in [0.15, 0.2) is 41.4 Å². The van der Waals surface area contributed by atoms with E-state index in [-0.39, 0.29) is 24.3 Å². The number of carbonyl (C=O) groups is 2. The summed E-state index contributed by atoms with van der Waals surface area (Å²) in [7, 11) is 0. The van der Waals surface area contributed by atoms with Crippen LogP contribution >= 0.6 is 11.3 Å². The van der Waals surface area contributed by atoms with Crippen molar-refractivity contribution in [3.8, 4) is 0 Å². The number of aromatic nitrogens is 1. The predicted octanol–water partition coefficient (Wildman–Crippen LogP) is 1.73. The van der Waals surface area contributed by atoms with Crippen LogP contribution in [-0.2, 0) is 16.0 Å². The molecular formula is C18H21N3O3S. The third-order valence-corrected chi connectivity index (χ3v) is 4.85. The summed E-state index contributed by atoms with van der Waals surface area (Å²) >= 11 is 1.49. The van der Waals surface area contributed by atoms with Crippen LogP contribution in [0.25, 0.3) is 0 Å². The van der Waals surface area contributed by atoms with E-state index in [1.807, 2.05) is 29.0 Å². The quantitative estimate of drug-likeness (QED) is 0.853. The van der Waals surface area contributed by atoms with Gasteiger partial charge < -0.3 is 15.0 Å². The number of carbonyl (C=O) groups excluding carboxylic acids is 2. The van der Waals surface area contributed by atoms with Crippen LogP contribution in [0.2, 0.25) is 0 Å². The van der Waals surface area contributed by atoms with Gasteiger partial charge in [-0.3, -0.25) is 14.6 Å². The number of hydrogen-bond donors (Lipinski definition) is 1. The number of ether oxygens (including phenoxy) is 1. The lowest BCUT2D eigenvalue weighted by Gasteiger charge is -2.35. The lowest BCUT2D eigenvalue weighted by molar-refractivity contribution is -0.123. The topological polar surface area (TPSA) is 71.5 Å². The largest absolute Gasteiger partial charge is 0.377 e. The zero-order valence-corrected chi connectivity index (χ0v) is 14.7. The molecule has 2 aromatic rings. The van der Waals surface area contributed by atoms with Crippen molar-refractivity contribution in [3.05, 3.63) is 52.5 Å². The summed E-state index contributed by atoms with van der Waals surface area (Å²) < 4.78 is 5.48. The van der Waals surface area contributed by atoms with E-state index in [2.05, 4.69) is 10.3 Å². The molecule has 3 heterocycles. The normalized spacial score (nSPS) is 17.3. The third kappa shape index (κ3) is 4.87. The van der Waals surface area contributed by atoms with Crippen molar-refractivity contribution in [1.82, 2.24) is 15.2 Å². The van der Waals surface area contributed by atoms with Gasteiger partial charge in [-0.25, -0.2) is 0 Å². The highest BCUT2D eigenvalue weighted by Gasteiger charge is 2.29. The van der Waals surface area contributed by atoms with Gasteiger partial charge in [0.25, 0.3) is 5.91 Å². The molecular weight excluding hydrogens is 338 g/mol. The van der Waals surface area contributed by atoms with E-state index in [9.17, 15) is 9.59 Å². The van der Waals surface area contributed by atoms with E-state index in [1.54, 1.807) is 17.3 Å². The van der Waals surface area contributed by atoms with Crippen molar-refractivity contribution >= 4 is 23.2 Å². The number of pyridine rings is 1. The van der Waals surface area contributed by atoms with Crippen LogP contribution in [0.5, 0.6) is 0 Å². The Labute approximate surface area is 150 Å². The predicted molar refractivity (Wildman–Crippen MR) is 95.5 cm³/mol. The van der Waals surface area contributed by atoms with Gasteiger partial charge in [-0.2, -0.15) is 11.3 Å². The first-order valence-electron chi connectivity index (χ1n) is 8.30. The number of morpholine rings is 1. The highest BCUT2D eigenvalue weighted by Crippen LogP contribution is 2.17. The molecule has 1 atom stereocenters. The van der Waals surface area contributed by atoms with E-state index in [4.69, 9.17) is 4.74 Å². The molecule has 2 amide bonds. The second kappa shape index (κ2) is 8.73. The van der Waals surface area contributed by atoms with E-state index in [0.717, 1.165) is 12.0 Å². The summed E-state index contributed by atoms with van der Waals surface area (Å²) in [5.41, 5.74) is 1.81. The monoisotopic (exact) mass is 359 g/mol. The Kier molecular flexibility index (Phi) is 6.14. The Hall–Kier alpha value is -2.25. The van der Waals surface area contributed by atoms with Crippen LogP contribution in [0.4, 0.5) is 0 Å². The first-order valence-corrected chi connectivity index (χ1v) is 9.25. The van der Waals surface area contributed by atoms with Crippen LogP contribution in [-0.4, -0.2) is 54.0 Å². The van der Waals surface area contributed by atoms with Gasteiger partial charge in [0.2, 0.25) is 5.91 Å². The smallest absolute Gasteiger partial charge is 0.255 e. The van der Waals surface area contributed by atoms with Crippen molar-refractivity contribution in [3.63, 3.8) is 0 Å². The van der Waals surface area contributed by atoms with E-state index in [0.29, 0.717) is 31.9 Å². The number of rotatable bonds is 6. The maximum atomic E-state index is 12.6. The third-order valence-electron chi connectivity index (χ3n) is 4.16. The molecule has 1 saturated heterocycles. The molecule has 0 spiro atoms. The number of hydrogen-bond acceptors (Lipinski definition) is 5. The van der Waals surface area contributed by atoms with E-state index in [1.165, 1.54) is 11.3 Å². The molecule has 6 nitrogen and oxygen atoms in total. The van der Waals surface area contributed by atoms with Crippen molar-refractivity contribution < 1.29 is 14.3 Å². The lowest BCUT2D eigenvalue weighted by Crippen LogP contribution is -2.50. The fraction of sp³-hybridized carbons (Fsp3) is 0.389. The molecule has 1 fully saturated rings. The minimum Gasteiger partial charge on any atom is -0.377 e. The van der Waals surface area contributed by atoms with Gasteiger partial charge >= 0.3 is 0 Å². The fourth-order valence-electron chi connectivity index (χ4n) is 2.83. The number of amides is 2. The molecule has 25 heavy (non-hydrogen) atoms. The van der Waals surface area contributed by atoms with Crippen LogP contribution in [0.1, 0.15) is 22.3 Å². The molecule has 7 heteroatoms. The van der Waals surface area contributed by atoms with Crippen LogP contribution < -0.4 is 5.32 Å². The second-order valence-corrected chi connectivity index (χ2v) is 6.68. The van der Waals surface area contributed by atoms with Crippen LogP contribution in [0.3, 0.4) is 0 Å². The Balaban J connectivity index is 1.50. The molecule has 3 rings (SSSR count). The van der Waals surface area contributed by atoms with Gasteiger partial charge in [0.05, 0.1) is 24.8 Å². The van der Waals surface area contributed by atoms with E-state index >= 15 is 0 Å². The van der Waals surface area contributed by atoms with Crippen molar-refractivity contribution in [1.29, 1.82) is 0 Å². The van der Waals surface area contributed by atoms with Gasteiger partial charge in [0, 0.05) is 37.3 Å². The molecule has 0 radical (unpaired) electrons. The van der Waals surface area contributed by atoms with Gasteiger partial charge in [-0.15, -0.1) is 0 Å².